The Morgan fingerprint density at radius 2 is 1.79 bits per heavy atom. The molecular weight excluding hydrogens is 172 g/mol. The van der Waals surface area contributed by atoms with Gasteiger partial charge < -0.3 is 11.1 Å². The Balaban J connectivity index is 0.000000791. The predicted octanol–water partition coefficient (Wildman–Crippen LogP) is 3.29. The smallest absolute Gasteiger partial charge is 0.0379 e. The van der Waals surface area contributed by atoms with Crippen LogP contribution >= 0.6 is 0 Å². The van der Waals surface area contributed by atoms with E-state index in [1.807, 2.05) is 45.0 Å². The van der Waals surface area contributed by atoms with Crippen LogP contribution in [0.25, 0.3) is 0 Å². The average molecular weight is 192 g/mol. The molecule has 78 valence electrons. The number of nitrogens with one attached hydrogen (secondary N) is 1. The molecule has 0 saturated heterocycles. The molecule has 0 fully saturated rings. The van der Waals surface area contributed by atoms with E-state index in [0.717, 1.165) is 11.3 Å². The first kappa shape index (κ1) is 12.7. The van der Waals surface area contributed by atoms with E-state index >= 15 is 0 Å². The van der Waals surface area contributed by atoms with E-state index in [-0.39, 0.29) is 6.04 Å². The molecule has 0 unspecified atom stereocenters. The molecule has 0 heterocycles. The zero-order chi connectivity index (χ0) is 11.0. The highest BCUT2D eigenvalue weighted by atomic mass is 14.8. The molecule has 0 aliphatic carbocycles. The lowest BCUT2D eigenvalue weighted by Gasteiger charge is -2.06. The summed E-state index contributed by atoms with van der Waals surface area (Å²) in [5.41, 5.74) is 7.88. The molecule has 0 aromatic heterocycles. The third-order valence-electron chi connectivity index (χ3n) is 1.71. The van der Waals surface area contributed by atoms with Crippen LogP contribution in [0, 0.1) is 0 Å². The summed E-state index contributed by atoms with van der Waals surface area (Å²) < 4.78 is 0. The number of hydrogen-bond donors (Lipinski definition) is 2. The van der Waals surface area contributed by atoms with Crippen molar-refractivity contribution in [2.45, 2.75) is 26.8 Å². The maximum Gasteiger partial charge on any atom is 0.0379 e. The molecule has 3 N–H and O–H groups in total. The molecule has 14 heavy (non-hydrogen) atoms. The molecule has 0 aliphatic heterocycles. The lowest BCUT2D eigenvalue weighted by Crippen LogP contribution is -2.04. The van der Waals surface area contributed by atoms with Crippen molar-refractivity contribution < 1.29 is 0 Å². The van der Waals surface area contributed by atoms with Gasteiger partial charge in [0.2, 0.25) is 0 Å². The van der Waals surface area contributed by atoms with Crippen LogP contribution in [0.4, 0.5) is 5.69 Å². The molecule has 0 saturated carbocycles. The van der Waals surface area contributed by atoms with Gasteiger partial charge in [-0.3, -0.25) is 0 Å². The fourth-order valence-electron chi connectivity index (χ4n) is 1.00. The first-order valence-corrected chi connectivity index (χ1v) is 4.97. The van der Waals surface area contributed by atoms with Gasteiger partial charge in [-0.2, -0.15) is 0 Å². The molecule has 0 aliphatic rings. The summed E-state index contributed by atoms with van der Waals surface area (Å²) in [5, 5.41) is 3.00. The second kappa shape index (κ2) is 7.15. The molecule has 1 aromatic carbocycles. The fraction of sp³-hybridized carbons (Fsp3) is 0.333. The number of hydrogen-bond acceptors (Lipinski definition) is 2. The van der Waals surface area contributed by atoms with Crippen molar-refractivity contribution in [1.82, 2.24) is 0 Å². The first-order chi connectivity index (χ1) is 6.74. The lowest BCUT2D eigenvalue weighted by atomic mass is 10.1. The zero-order valence-corrected chi connectivity index (χ0v) is 9.25. The third kappa shape index (κ3) is 4.10. The van der Waals surface area contributed by atoms with E-state index in [1.165, 1.54) is 0 Å². The summed E-state index contributed by atoms with van der Waals surface area (Å²) in [6.07, 6.45) is 1.65. The molecule has 1 aromatic rings. The number of anilines is 1. The number of benzene rings is 1. The van der Waals surface area contributed by atoms with Gasteiger partial charge in [-0.25, -0.2) is 0 Å². The van der Waals surface area contributed by atoms with Crippen LogP contribution in [-0.4, -0.2) is 0 Å². The topological polar surface area (TPSA) is 38.0 Å². The summed E-state index contributed by atoms with van der Waals surface area (Å²) in [5.74, 6) is 0. The van der Waals surface area contributed by atoms with Crippen LogP contribution in [0.15, 0.2) is 37.0 Å². The van der Waals surface area contributed by atoms with E-state index in [2.05, 4.69) is 11.9 Å². The van der Waals surface area contributed by atoms with Crippen LogP contribution in [0.5, 0.6) is 0 Å². The molecule has 1 atom stereocenters. The van der Waals surface area contributed by atoms with Gasteiger partial charge in [0.1, 0.15) is 0 Å². The number of rotatable bonds is 3. The van der Waals surface area contributed by atoms with E-state index < -0.39 is 0 Å². The van der Waals surface area contributed by atoms with E-state index in [1.54, 1.807) is 6.20 Å². The summed E-state index contributed by atoms with van der Waals surface area (Å²) in [6.45, 7) is 9.55. The van der Waals surface area contributed by atoms with Gasteiger partial charge in [-0.05, 0) is 30.8 Å². The average Bonchev–Trinajstić information content (AvgIpc) is 2.22. The number of nitrogens with two attached hydrogens (primary N) is 1. The summed E-state index contributed by atoms with van der Waals surface area (Å²) >= 11 is 0. The highest BCUT2D eigenvalue weighted by molar-refractivity contribution is 5.46. The van der Waals surface area contributed by atoms with Gasteiger partial charge in [0.25, 0.3) is 0 Å². The van der Waals surface area contributed by atoms with E-state index in [0.29, 0.717) is 0 Å². The van der Waals surface area contributed by atoms with Gasteiger partial charge in [0.15, 0.2) is 0 Å². The standard InChI is InChI=1S/C10H14N2.C2H6/c1-3-12-10-6-4-9(5-7-10)8(2)11;1-2/h3-8,12H,1,11H2,2H3;1-2H3/t8-;/m1./s1. The Kier molecular flexibility index (Phi) is 6.50. The minimum absolute atomic E-state index is 0.0998. The van der Waals surface area contributed by atoms with Gasteiger partial charge in [-0.1, -0.05) is 32.6 Å². The van der Waals surface area contributed by atoms with Crippen LogP contribution in [0.2, 0.25) is 0 Å². The van der Waals surface area contributed by atoms with Crippen LogP contribution in [-0.2, 0) is 0 Å². The van der Waals surface area contributed by atoms with E-state index in [4.69, 9.17) is 5.73 Å². The van der Waals surface area contributed by atoms with Crippen LogP contribution in [0.3, 0.4) is 0 Å². The van der Waals surface area contributed by atoms with Crippen molar-refractivity contribution in [3.8, 4) is 0 Å². The lowest BCUT2D eigenvalue weighted by molar-refractivity contribution is 0.818. The van der Waals surface area contributed by atoms with Crippen molar-refractivity contribution in [3.05, 3.63) is 42.6 Å². The van der Waals surface area contributed by atoms with Crippen LogP contribution in [0.1, 0.15) is 32.4 Å². The van der Waals surface area contributed by atoms with E-state index in [9.17, 15) is 0 Å². The molecule has 0 amide bonds. The zero-order valence-electron chi connectivity index (χ0n) is 9.25. The molecule has 2 nitrogen and oxygen atoms in total. The van der Waals surface area contributed by atoms with Crippen molar-refractivity contribution in [1.29, 1.82) is 0 Å². The summed E-state index contributed by atoms with van der Waals surface area (Å²) in [6, 6.07) is 8.09. The third-order valence-corrected chi connectivity index (χ3v) is 1.71. The largest absolute Gasteiger partial charge is 0.362 e. The molecule has 0 spiro atoms. The highest BCUT2D eigenvalue weighted by Crippen LogP contribution is 2.13. The summed E-state index contributed by atoms with van der Waals surface area (Å²) in [4.78, 5) is 0. The maximum atomic E-state index is 5.70. The minimum Gasteiger partial charge on any atom is -0.362 e. The Hall–Kier alpha value is -1.28. The molecule has 2 heteroatoms. The van der Waals surface area contributed by atoms with Gasteiger partial charge in [-0.15, -0.1) is 0 Å². The second-order valence-corrected chi connectivity index (χ2v) is 2.76. The molecule has 0 bridgehead atoms. The Labute approximate surface area is 86.8 Å². The van der Waals surface area contributed by atoms with Crippen molar-refractivity contribution in [2.24, 2.45) is 5.73 Å². The second-order valence-electron chi connectivity index (χ2n) is 2.76. The Morgan fingerprint density at radius 1 is 1.29 bits per heavy atom. The van der Waals surface area contributed by atoms with Gasteiger partial charge in [0, 0.05) is 11.7 Å². The van der Waals surface area contributed by atoms with Crippen LogP contribution < -0.4 is 11.1 Å². The van der Waals surface area contributed by atoms with Gasteiger partial charge in [0.05, 0.1) is 0 Å². The Morgan fingerprint density at radius 3 is 2.14 bits per heavy atom. The highest BCUT2D eigenvalue weighted by Gasteiger charge is 1.97. The Bertz CT molecular complexity index is 250. The molecular formula is C12H20N2. The quantitative estimate of drug-likeness (QED) is 0.771. The molecule has 0 radical (unpaired) electrons. The molecule has 1 rings (SSSR count). The summed E-state index contributed by atoms with van der Waals surface area (Å²) in [7, 11) is 0. The fourth-order valence-corrected chi connectivity index (χ4v) is 1.00. The SMILES string of the molecule is C=CNc1ccc([C@@H](C)N)cc1.CC. The first-order valence-electron chi connectivity index (χ1n) is 4.97. The van der Waals surface area contributed by atoms with Crippen molar-refractivity contribution in [2.75, 3.05) is 5.32 Å². The minimum atomic E-state index is 0.0998. The predicted molar refractivity (Wildman–Crippen MR) is 64.2 cm³/mol. The maximum absolute atomic E-state index is 5.70. The normalized spacial score (nSPS) is 10.9. The monoisotopic (exact) mass is 192 g/mol. The van der Waals surface area contributed by atoms with Crippen molar-refractivity contribution >= 4 is 5.69 Å². The van der Waals surface area contributed by atoms with Gasteiger partial charge >= 0.3 is 0 Å². The van der Waals surface area contributed by atoms with Crippen molar-refractivity contribution in [3.63, 3.8) is 0 Å².